The number of nitrogens with one attached hydrogen (secondary N) is 2. The molecule has 4 aromatic rings. The Morgan fingerprint density at radius 2 is 1.55 bits per heavy atom. The van der Waals surface area contributed by atoms with Gasteiger partial charge in [0.15, 0.2) is 5.82 Å². The molecule has 0 atom stereocenters. The highest BCUT2D eigenvalue weighted by molar-refractivity contribution is 7.92. The van der Waals surface area contributed by atoms with Gasteiger partial charge >= 0.3 is 0 Å². The number of nitrogens with zero attached hydrogens (tertiary/aromatic N) is 2. The summed E-state index contributed by atoms with van der Waals surface area (Å²) in [7, 11) is -3.95. The van der Waals surface area contributed by atoms with Crippen molar-refractivity contribution in [2.75, 3.05) is 4.72 Å². The molecule has 6 nitrogen and oxygen atoms in total. The van der Waals surface area contributed by atoms with Gasteiger partial charge in [-0.25, -0.2) is 17.8 Å². The predicted molar refractivity (Wildman–Crippen MR) is 127 cm³/mol. The van der Waals surface area contributed by atoms with Crippen molar-refractivity contribution in [1.29, 1.82) is 0 Å². The molecule has 0 radical (unpaired) electrons. The lowest BCUT2D eigenvalue weighted by Crippen LogP contribution is -2.15. The number of hydrogen-bond donors (Lipinski definition) is 2. The number of benzene rings is 3. The van der Waals surface area contributed by atoms with E-state index >= 15 is 0 Å². The second-order valence-corrected chi connectivity index (χ2v) is 9.24. The number of aromatic nitrogens is 2. The van der Waals surface area contributed by atoms with Crippen molar-refractivity contribution < 1.29 is 12.8 Å². The van der Waals surface area contributed by atoms with Gasteiger partial charge in [0.1, 0.15) is 16.4 Å². The quantitative estimate of drug-likeness (QED) is 0.368. The average Bonchev–Trinajstić information content (AvgIpc) is 2.81. The third kappa shape index (κ3) is 5.54. The Bertz CT molecular complexity index is 1370. The highest BCUT2D eigenvalue weighted by atomic mass is 35.5. The summed E-state index contributed by atoms with van der Waals surface area (Å²) in [6.07, 6.45) is 2.90. The van der Waals surface area contributed by atoms with Crippen molar-refractivity contribution in [1.82, 2.24) is 15.3 Å². The topological polar surface area (TPSA) is 84.0 Å². The van der Waals surface area contributed by atoms with Crippen molar-refractivity contribution in [2.45, 2.75) is 18.0 Å². The molecule has 3 aromatic carbocycles. The van der Waals surface area contributed by atoms with E-state index in [1.54, 1.807) is 30.3 Å². The van der Waals surface area contributed by atoms with Crippen LogP contribution in [0.5, 0.6) is 0 Å². The van der Waals surface area contributed by atoms with Gasteiger partial charge < -0.3 is 5.32 Å². The molecular formula is C24H20ClFN4O2S. The van der Waals surface area contributed by atoms with Crippen LogP contribution in [0.4, 0.5) is 10.2 Å². The molecule has 0 unspecified atom stereocenters. The third-order valence-electron chi connectivity index (χ3n) is 4.89. The minimum Gasteiger partial charge on any atom is -0.309 e. The summed E-state index contributed by atoms with van der Waals surface area (Å²) < 4.78 is 41.9. The van der Waals surface area contributed by atoms with Crippen molar-refractivity contribution in [3.63, 3.8) is 0 Å². The molecule has 0 aliphatic rings. The Morgan fingerprint density at radius 1 is 0.848 bits per heavy atom. The van der Waals surface area contributed by atoms with Gasteiger partial charge in [-0.15, -0.1) is 0 Å². The number of halogens is 2. The lowest BCUT2D eigenvalue weighted by atomic mass is 10.1. The van der Waals surface area contributed by atoms with Crippen molar-refractivity contribution in [2.24, 2.45) is 0 Å². The number of anilines is 1. The fraction of sp³-hybridized carbons (Fsp3) is 0.0833. The second kappa shape index (κ2) is 10.1. The van der Waals surface area contributed by atoms with Gasteiger partial charge in [-0.1, -0.05) is 66.2 Å². The van der Waals surface area contributed by atoms with E-state index in [4.69, 9.17) is 11.6 Å². The Labute approximate surface area is 196 Å². The highest BCUT2D eigenvalue weighted by Gasteiger charge is 2.20. The van der Waals surface area contributed by atoms with Gasteiger partial charge in [0.25, 0.3) is 10.0 Å². The zero-order valence-electron chi connectivity index (χ0n) is 17.4. The first-order valence-corrected chi connectivity index (χ1v) is 11.9. The molecule has 0 amide bonds. The lowest BCUT2D eigenvalue weighted by Gasteiger charge is -2.12. The zero-order valence-corrected chi connectivity index (χ0v) is 18.9. The smallest absolute Gasteiger partial charge is 0.264 e. The number of sulfonamides is 1. The first kappa shape index (κ1) is 22.8. The van der Waals surface area contributed by atoms with Gasteiger partial charge in [-0.05, 0) is 23.8 Å². The molecule has 1 aromatic heterocycles. The van der Waals surface area contributed by atoms with Gasteiger partial charge in [0.2, 0.25) is 0 Å². The molecule has 0 bridgehead atoms. The van der Waals surface area contributed by atoms with Crippen LogP contribution in [0.25, 0.3) is 11.3 Å². The van der Waals surface area contributed by atoms with E-state index in [-0.39, 0.29) is 21.6 Å². The van der Waals surface area contributed by atoms with Crippen LogP contribution in [-0.4, -0.2) is 18.4 Å². The molecule has 1 heterocycles. The van der Waals surface area contributed by atoms with Crippen molar-refractivity contribution in [3.8, 4) is 11.3 Å². The van der Waals surface area contributed by atoms with E-state index in [0.717, 1.165) is 5.56 Å². The minimum atomic E-state index is -3.95. The molecule has 2 N–H and O–H groups in total. The second-order valence-electron chi connectivity index (χ2n) is 7.18. The van der Waals surface area contributed by atoms with E-state index in [1.807, 2.05) is 24.3 Å². The van der Waals surface area contributed by atoms with E-state index in [2.05, 4.69) is 20.0 Å². The first-order valence-electron chi connectivity index (χ1n) is 10.1. The Morgan fingerprint density at radius 3 is 2.30 bits per heavy atom. The molecule has 0 saturated heterocycles. The molecule has 168 valence electrons. The summed E-state index contributed by atoms with van der Waals surface area (Å²) in [5, 5.41) is 3.33. The summed E-state index contributed by atoms with van der Waals surface area (Å²) in [5.74, 6) is -0.141. The molecule has 0 fully saturated rings. The highest BCUT2D eigenvalue weighted by Crippen LogP contribution is 2.28. The van der Waals surface area contributed by atoms with Crippen LogP contribution in [-0.2, 0) is 23.1 Å². The van der Waals surface area contributed by atoms with E-state index in [0.29, 0.717) is 29.9 Å². The SMILES string of the molecule is O=S(=O)(Nc1nccnc1-c1ccc(CNCc2ccccc2F)cc1)c1ccccc1Cl. The molecule has 0 saturated carbocycles. The molecule has 9 heteroatoms. The predicted octanol–water partition coefficient (Wildman–Crippen LogP) is 5.03. The van der Waals surface area contributed by atoms with Crippen LogP contribution >= 0.6 is 11.6 Å². The Kier molecular flexibility index (Phi) is 6.98. The van der Waals surface area contributed by atoms with Crippen LogP contribution in [0, 0.1) is 5.82 Å². The van der Waals surface area contributed by atoms with E-state index in [9.17, 15) is 12.8 Å². The molecule has 0 spiro atoms. The molecular weight excluding hydrogens is 463 g/mol. The summed E-state index contributed by atoms with van der Waals surface area (Å²) in [4.78, 5) is 8.43. The maximum atomic E-state index is 13.7. The Hall–Kier alpha value is -3.33. The van der Waals surface area contributed by atoms with Crippen LogP contribution in [0.15, 0.2) is 90.1 Å². The molecule has 0 aliphatic heterocycles. The lowest BCUT2D eigenvalue weighted by molar-refractivity contribution is 0.588. The van der Waals surface area contributed by atoms with Crippen LogP contribution < -0.4 is 10.0 Å². The summed E-state index contributed by atoms with van der Waals surface area (Å²) in [6.45, 7) is 0.952. The number of hydrogen-bond acceptors (Lipinski definition) is 5. The monoisotopic (exact) mass is 482 g/mol. The van der Waals surface area contributed by atoms with Crippen LogP contribution in [0.1, 0.15) is 11.1 Å². The maximum absolute atomic E-state index is 13.7. The van der Waals surface area contributed by atoms with Crippen LogP contribution in [0.2, 0.25) is 5.02 Å². The number of rotatable bonds is 8. The summed E-state index contributed by atoms with van der Waals surface area (Å²) >= 11 is 6.06. The molecule has 33 heavy (non-hydrogen) atoms. The largest absolute Gasteiger partial charge is 0.309 e. The standard InChI is InChI=1S/C24H20ClFN4O2S/c25-20-6-2-4-8-22(20)33(31,32)30-24-23(28-13-14-29-24)18-11-9-17(10-12-18)15-27-16-19-5-1-3-7-21(19)26/h1-14,27H,15-16H2,(H,29,30). The van der Waals surface area contributed by atoms with Gasteiger partial charge in [-0.2, -0.15) is 0 Å². The molecule has 4 rings (SSSR count). The normalized spacial score (nSPS) is 11.3. The average molecular weight is 483 g/mol. The van der Waals surface area contributed by atoms with Gasteiger partial charge in [0.05, 0.1) is 5.02 Å². The zero-order chi connectivity index (χ0) is 23.3. The summed E-state index contributed by atoms with van der Waals surface area (Å²) in [5.41, 5.74) is 2.66. The Balaban J connectivity index is 1.49. The van der Waals surface area contributed by atoms with E-state index < -0.39 is 10.0 Å². The van der Waals surface area contributed by atoms with Gasteiger partial charge in [0, 0.05) is 36.6 Å². The van der Waals surface area contributed by atoms with E-state index in [1.165, 1.54) is 30.6 Å². The maximum Gasteiger partial charge on any atom is 0.264 e. The first-order chi connectivity index (χ1) is 15.9. The summed E-state index contributed by atoms with van der Waals surface area (Å²) in [6, 6.07) is 20.3. The fourth-order valence-corrected chi connectivity index (χ4v) is 4.77. The minimum absolute atomic E-state index is 0.0421. The van der Waals surface area contributed by atoms with Crippen LogP contribution in [0.3, 0.4) is 0 Å². The van der Waals surface area contributed by atoms with Crippen molar-refractivity contribution in [3.05, 3.63) is 107 Å². The fourth-order valence-electron chi connectivity index (χ4n) is 3.23. The third-order valence-corrected chi connectivity index (χ3v) is 6.72. The van der Waals surface area contributed by atoms with Gasteiger partial charge in [-0.3, -0.25) is 9.71 Å². The van der Waals surface area contributed by atoms with Crippen molar-refractivity contribution >= 4 is 27.4 Å². The molecule has 0 aliphatic carbocycles.